The molecule has 0 saturated carbocycles. The number of unbranched alkanes of at least 4 members (excludes halogenated alkanes) is 3. The van der Waals surface area contributed by atoms with Crippen molar-refractivity contribution in [1.29, 1.82) is 0 Å². The number of carbonyl (C=O) groups is 1. The van der Waals surface area contributed by atoms with Gasteiger partial charge in [-0.15, -0.1) is 0 Å². The van der Waals surface area contributed by atoms with Gasteiger partial charge in [-0.05, 0) is 31.4 Å². The summed E-state index contributed by atoms with van der Waals surface area (Å²) in [7, 11) is 1.98. The van der Waals surface area contributed by atoms with Crippen molar-refractivity contribution in [2.75, 3.05) is 6.54 Å². The van der Waals surface area contributed by atoms with E-state index in [0.717, 1.165) is 19.4 Å². The maximum absolute atomic E-state index is 13.0. The Morgan fingerprint density at radius 3 is 2.54 bits per heavy atom. The van der Waals surface area contributed by atoms with Gasteiger partial charge in [0, 0.05) is 37.2 Å². The third kappa shape index (κ3) is 3.55. The summed E-state index contributed by atoms with van der Waals surface area (Å²) < 4.78 is 1.92. The number of carbonyl (C=O) groups excluding carboxylic acids is 1. The molecule has 1 aliphatic rings. The fourth-order valence-corrected chi connectivity index (χ4v) is 4.12. The molecule has 0 fully saturated rings. The Balaban J connectivity index is 1.88. The molecule has 140 valence electrons. The van der Waals surface area contributed by atoms with Gasteiger partial charge in [-0.1, -0.05) is 50.5 Å². The van der Waals surface area contributed by atoms with Crippen LogP contribution in [0.3, 0.4) is 0 Å². The number of aromatic nitrogens is 2. The lowest BCUT2D eigenvalue weighted by atomic mass is 9.81. The first-order chi connectivity index (χ1) is 12.5. The summed E-state index contributed by atoms with van der Waals surface area (Å²) in [5.74, 6) is 0.491. The number of fused-ring (bicyclic) bond motifs is 1. The number of benzene rings is 1. The molecule has 2 heterocycles. The van der Waals surface area contributed by atoms with Gasteiger partial charge in [0.05, 0.1) is 12.2 Å². The molecule has 0 bridgehead atoms. The quantitative estimate of drug-likeness (QED) is 0.704. The first-order valence-corrected chi connectivity index (χ1v) is 9.91. The molecular formula is C22H31N3O. The third-order valence-corrected chi connectivity index (χ3v) is 5.88. The molecule has 0 N–H and O–H groups in total. The Bertz CT molecular complexity index is 764. The van der Waals surface area contributed by atoms with Gasteiger partial charge in [0.2, 0.25) is 5.91 Å². The first kappa shape index (κ1) is 18.7. The molecule has 0 spiro atoms. The molecule has 2 aromatic rings. The van der Waals surface area contributed by atoms with Crippen molar-refractivity contribution < 1.29 is 4.79 Å². The predicted molar refractivity (Wildman–Crippen MR) is 105 cm³/mol. The van der Waals surface area contributed by atoms with Crippen molar-refractivity contribution in [1.82, 2.24) is 14.7 Å². The predicted octanol–water partition coefficient (Wildman–Crippen LogP) is 4.73. The minimum absolute atomic E-state index is 0.137. The van der Waals surface area contributed by atoms with E-state index in [1.807, 2.05) is 17.9 Å². The zero-order valence-electron chi connectivity index (χ0n) is 16.5. The van der Waals surface area contributed by atoms with Crippen LogP contribution in [0.4, 0.5) is 0 Å². The maximum Gasteiger partial charge on any atom is 0.223 e. The molecule has 0 saturated heterocycles. The van der Waals surface area contributed by atoms with Gasteiger partial charge in [0.15, 0.2) is 0 Å². The maximum atomic E-state index is 13.0. The summed E-state index contributed by atoms with van der Waals surface area (Å²) in [5.41, 5.74) is 5.02. The minimum atomic E-state index is 0.137. The highest BCUT2D eigenvalue weighted by atomic mass is 16.2. The molecule has 0 radical (unpaired) electrons. The molecular weight excluding hydrogens is 322 g/mol. The van der Waals surface area contributed by atoms with Crippen LogP contribution in [-0.4, -0.2) is 27.1 Å². The van der Waals surface area contributed by atoms with E-state index >= 15 is 0 Å². The van der Waals surface area contributed by atoms with E-state index in [1.165, 1.54) is 35.2 Å². The highest BCUT2D eigenvalue weighted by molar-refractivity contribution is 5.77. The lowest BCUT2D eigenvalue weighted by Gasteiger charge is -2.40. The lowest BCUT2D eigenvalue weighted by Crippen LogP contribution is -2.41. The molecule has 3 rings (SSSR count). The topological polar surface area (TPSA) is 38.1 Å². The fourth-order valence-electron chi connectivity index (χ4n) is 4.12. The Morgan fingerprint density at radius 1 is 1.15 bits per heavy atom. The van der Waals surface area contributed by atoms with Crippen LogP contribution in [0, 0.1) is 6.92 Å². The Kier molecular flexibility index (Phi) is 5.80. The van der Waals surface area contributed by atoms with E-state index in [2.05, 4.69) is 55.0 Å². The summed E-state index contributed by atoms with van der Waals surface area (Å²) in [4.78, 5) is 15.0. The van der Waals surface area contributed by atoms with Gasteiger partial charge in [-0.2, -0.15) is 5.10 Å². The van der Waals surface area contributed by atoms with Crippen molar-refractivity contribution in [3.05, 3.63) is 52.8 Å². The van der Waals surface area contributed by atoms with Gasteiger partial charge in [-0.25, -0.2) is 0 Å². The second-order valence-electron chi connectivity index (χ2n) is 7.52. The van der Waals surface area contributed by atoms with E-state index in [-0.39, 0.29) is 17.9 Å². The van der Waals surface area contributed by atoms with Crippen molar-refractivity contribution >= 4 is 5.91 Å². The highest BCUT2D eigenvalue weighted by Crippen LogP contribution is 2.40. The smallest absolute Gasteiger partial charge is 0.223 e. The van der Waals surface area contributed by atoms with Crippen molar-refractivity contribution in [2.45, 2.75) is 64.8 Å². The van der Waals surface area contributed by atoms with Gasteiger partial charge in [0.25, 0.3) is 0 Å². The standard InChI is InChI=1S/C22H31N3O/c1-5-6-7-8-13-22(26)25-15-21(20-14-23-24(4)16(20)2)19-12-10-9-11-18(19)17(25)3/h9-12,14,17,21H,5-8,13,15H2,1-4H3. The second-order valence-corrected chi connectivity index (χ2v) is 7.52. The van der Waals surface area contributed by atoms with Gasteiger partial charge >= 0.3 is 0 Å². The van der Waals surface area contributed by atoms with Gasteiger partial charge in [0.1, 0.15) is 0 Å². The summed E-state index contributed by atoms with van der Waals surface area (Å²) in [6, 6.07) is 8.71. The van der Waals surface area contributed by atoms with Gasteiger partial charge in [-0.3, -0.25) is 9.48 Å². The average Bonchev–Trinajstić information content (AvgIpc) is 2.98. The van der Waals surface area contributed by atoms with Crippen LogP contribution >= 0.6 is 0 Å². The zero-order valence-corrected chi connectivity index (χ0v) is 16.5. The molecule has 4 nitrogen and oxygen atoms in total. The zero-order chi connectivity index (χ0) is 18.7. The molecule has 4 heteroatoms. The van der Waals surface area contributed by atoms with Crippen molar-refractivity contribution in [3.8, 4) is 0 Å². The molecule has 1 aliphatic heterocycles. The lowest BCUT2D eigenvalue weighted by molar-refractivity contribution is -0.134. The van der Waals surface area contributed by atoms with Crippen LogP contribution in [0.25, 0.3) is 0 Å². The van der Waals surface area contributed by atoms with E-state index < -0.39 is 0 Å². The monoisotopic (exact) mass is 353 g/mol. The Labute approximate surface area is 157 Å². The number of aryl methyl sites for hydroxylation is 1. The number of nitrogens with zero attached hydrogens (tertiary/aromatic N) is 3. The van der Waals surface area contributed by atoms with Crippen molar-refractivity contribution in [3.63, 3.8) is 0 Å². The van der Waals surface area contributed by atoms with E-state index in [4.69, 9.17) is 0 Å². The summed E-state index contributed by atoms with van der Waals surface area (Å²) in [6.07, 6.45) is 7.18. The summed E-state index contributed by atoms with van der Waals surface area (Å²) >= 11 is 0. The second kappa shape index (κ2) is 8.07. The minimum Gasteiger partial charge on any atom is -0.335 e. The highest BCUT2D eigenvalue weighted by Gasteiger charge is 2.34. The van der Waals surface area contributed by atoms with Crippen molar-refractivity contribution in [2.24, 2.45) is 7.05 Å². The summed E-state index contributed by atoms with van der Waals surface area (Å²) in [6.45, 7) is 7.22. The summed E-state index contributed by atoms with van der Waals surface area (Å²) in [5, 5.41) is 4.44. The molecule has 26 heavy (non-hydrogen) atoms. The largest absolute Gasteiger partial charge is 0.335 e. The first-order valence-electron chi connectivity index (χ1n) is 9.91. The molecule has 2 atom stereocenters. The Morgan fingerprint density at radius 2 is 1.88 bits per heavy atom. The average molecular weight is 354 g/mol. The van der Waals surface area contributed by atoms with Gasteiger partial charge < -0.3 is 4.90 Å². The molecule has 1 aromatic heterocycles. The van der Waals surface area contributed by atoms with Crippen LogP contribution < -0.4 is 0 Å². The van der Waals surface area contributed by atoms with Crippen LogP contribution in [0.15, 0.2) is 30.5 Å². The number of rotatable bonds is 6. The third-order valence-electron chi connectivity index (χ3n) is 5.88. The van der Waals surface area contributed by atoms with Crippen LogP contribution in [-0.2, 0) is 11.8 Å². The molecule has 1 amide bonds. The SMILES string of the molecule is CCCCCCC(=O)N1CC(c2cnn(C)c2C)c2ccccc2C1C. The van der Waals surface area contributed by atoms with E-state index in [9.17, 15) is 4.79 Å². The molecule has 0 aliphatic carbocycles. The number of hydrogen-bond donors (Lipinski definition) is 0. The van der Waals surface area contributed by atoms with E-state index in [0.29, 0.717) is 6.42 Å². The molecule has 2 unspecified atom stereocenters. The van der Waals surface area contributed by atoms with Crippen LogP contribution in [0.1, 0.15) is 80.3 Å². The Hall–Kier alpha value is -2.10. The normalized spacial score (nSPS) is 19.5. The number of hydrogen-bond acceptors (Lipinski definition) is 2. The fraction of sp³-hybridized carbons (Fsp3) is 0.545. The van der Waals surface area contributed by atoms with Crippen LogP contribution in [0.5, 0.6) is 0 Å². The molecule has 1 aromatic carbocycles. The van der Waals surface area contributed by atoms with Crippen LogP contribution in [0.2, 0.25) is 0 Å². The van der Waals surface area contributed by atoms with E-state index in [1.54, 1.807) is 0 Å². The number of amides is 1.